The van der Waals surface area contributed by atoms with Crippen molar-refractivity contribution >= 4 is 29.7 Å². The van der Waals surface area contributed by atoms with Crippen molar-refractivity contribution in [3.8, 4) is 0 Å². The molecule has 0 fully saturated rings. The molecule has 14 nitrogen and oxygen atoms in total. The highest BCUT2D eigenvalue weighted by atomic mass is 16.4. The fourth-order valence-corrected chi connectivity index (χ4v) is 3.71. The first-order chi connectivity index (χ1) is 18.5. The second kappa shape index (κ2) is 22.1. The van der Waals surface area contributed by atoms with E-state index < -0.39 is 47.8 Å². The van der Waals surface area contributed by atoms with E-state index in [1.807, 2.05) is 0 Å². The lowest BCUT2D eigenvalue weighted by molar-refractivity contribution is -0.142. The van der Waals surface area contributed by atoms with Gasteiger partial charge in [-0.05, 0) is 45.2 Å². The number of carboxylic acid groups (broad SMARTS) is 2. The van der Waals surface area contributed by atoms with Crippen molar-refractivity contribution in [1.29, 1.82) is 0 Å². The number of hydrogen-bond donors (Lipinski definition) is 9. The van der Waals surface area contributed by atoms with E-state index >= 15 is 0 Å². The van der Waals surface area contributed by atoms with Crippen LogP contribution < -0.4 is 38.5 Å². The smallest absolute Gasteiger partial charge is 0.326 e. The van der Waals surface area contributed by atoms with Crippen molar-refractivity contribution in [2.45, 2.75) is 102 Å². The third-order valence-electron chi connectivity index (χ3n) is 6.05. The standard InChI is InChI=1S/C25H49N7O7/c1-2-3-4-5-7-17(27)16-29-14-11-18(28)23(36)32-19(10-13-26)24(37)30-15-12-20(25(38)39)31-21(33)8-6-9-22(34)35/h17-20,29H,2-16,26-28H2,1H3,(H,30,37)(H,31,33)(H,32,36)(H,34,35)(H,38,39)/t17-,18-,19+,20+/m0/s1. The average molecular weight is 560 g/mol. The Kier molecular flexibility index (Phi) is 20.5. The van der Waals surface area contributed by atoms with Crippen LogP contribution in [0.3, 0.4) is 0 Å². The first-order valence-corrected chi connectivity index (χ1v) is 13.8. The summed E-state index contributed by atoms with van der Waals surface area (Å²) >= 11 is 0. The predicted octanol–water partition coefficient (Wildman–Crippen LogP) is -1.24. The summed E-state index contributed by atoms with van der Waals surface area (Å²) in [5, 5.41) is 28.6. The second-order valence-corrected chi connectivity index (χ2v) is 9.63. The molecule has 0 aliphatic carbocycles. The van der Waals surface area contributed by atoms with Crippen LogP contribution in [0.1, 0.15) is 77.6 Å². The zero-order chi connectivity index (χ0) is 29.6. The lowest BCUT2D eigenvalue weighted by Gasteiger charge is -2.21. The number of aliphatic carboxylic acids is 2. The maximum atomic E-state index is 12.6. The Bertz CT molecular complexity index is 754. The Labute approximate surface area is 230 Å². The van der Waals surface area contributed by atoms with Gasteiger partial charge in [0.1, 0.15) is 12.1 Å². The second-order valence-electron chi connectivity index (χ2n) is 9.63. The molecule has 12 N–H and O–H groups in total. The van der Waals surface area contributed by atoms with Crippen molar-refractivity contribution in [2.75, 3.05) is 26.2 Å². The van der Waals surface area contributed by atoms with Gasteiger partial charge in [-0.3, -0.25) is 19.2 Å². The van der Waals surface area contributed by atoms with E-state index in [1.54, 1.807) is 0 Å². The van der Waals surface area contributed by atoms with Gasteiger partial charge in [-0.15, -0.1) is 0 Å². The van der Waals surface area contributed by atoms with Crippen molar-refractivity contribution in [3.63, 3.8) is 0 Å². The summed E-state index contributed by atoms with van der Waals surface area (Å²) in [6.07, 6.45) is 5.69. The normalized spacial score (nSPS) is 14.1. The topological polar surface area (TPSA) is 252 Å². The first-order valence-electron chi connectivity index (χ1n) is 13.8. The Morgan fingerprint density at radius 3 is 2.10 bits per heavy atom. The highest BCUT2D eigenvalue weighted by Crippen LogP contribution is 2.04. The van der Waals surface area contributed by atoms with Gasteiger partial charge in [-0.25, -0.2) is 4.79 Å². The molecule has 0 aromatic rings. The molecule has 0 rings (SSSR count). The monoisotopic (exact) mass is 559 g/mol. The van der Waals surface area contributed by atoms with Crippen molar-refractivity contribution < 1.29 is 34.2 Å². The lowest BCUT2D eigenvalue weighted by atomic mass is 10.1. The Morgan fingerprint density at radius 2 is 1.49 bits per heavy atom. The molecule has 0 saturated carbocycles. The molecule has 14 heteroatoms. The number of nitrogens with one attached hydrogen (secondary N) is 4. The number of unbranched alkanes of at least 4 members (excludes halogenated alkanes) is 3. The summed E-state index contributed by atoms with van der Waals surface area (Å²) in [5.41, 5.74) is 17.7. The van der Waals surface area contributed by atoms with Crippen LogP contribution in [0.5, 0.6) is 0 Å². The van der Waals surface area contributed by atoms with Crippen LogP contribution in [0.25, 0.3) is 0 Å². The molecular formula is C25H49N7O7. The van der Waals surface area contributed by atoms with Crippen LogP contribution in [0.4, 0.5) is 0 Å². The zero-order valence-corrected chi connectivity index (χ0v) is 23.1. The third kappa shape index (κ3) is 19.0. The predicted molar refractivity (Wildman–Crippen MR) is 146 cm³/mol. The van der Waals surface area contributed by atoms with Crippen LogP contribution in [0.2, 0.25) is 0 Å². The van der Waals surface area contributed by atoms with Crippen LogP contribution in [0, 0.1) is 0 Å². The van der Waals surface area contributed by atoms with Gasteiger partial charge >= 0.3 is 11.9 Å². The van der Waals surface area contributed by atoms with Crippen LogP contribution in [0.15, 0.2) is 0 Å². The van der Waals surface area contributed by atoms with Crippen molar-refractivity contribution in [1.82, 2.24) is 21.3 Å². The highest BCUT2D eigenvalue weighted by Gasteiger charge is 2.24. The Morgan fingerprint density at radius 1 is 0.769 bits per heavy atom. The molecule has 0 bridgehead atoms. The maximum absolute atomic E-state index is 12.6. The van der Waals surface area contributed by atoms with Crippen LogP contribution in [-0.2, 0) is 24.0 Å². The molecule has 3 amide bonds. The minimum absolute atomic E-state index is 0.0375. The van der Waals surface area contributed by atoms with E-state index in [0.29, 0.717) is 19.5 Å². The van der Waals surface area contributed by atoms with Crippen molar-refractivity contribution in [3.05, 3.63) is 0 Å². The van der Waals surface area contributed by atoms with E-state index in [-0.39, 0.29) is 51.2 Å². The summed E-state index contributed by atoms with van der Waals surface area (Å²) < 4.78 is 0. The number of hydrogen-bond acceptors (Lipinski definition) is 9. The molecule has 0 aromatic heterocycles. The van der Waals surface area contributed by atoms with Gasteiger partial charge < -0.3 is 48.7 Å². The summed E-state index contributed by atoms with van der Waals surface area (Å²) in [4.78, 5) is 59.0. The molecular weight excluding hydrogens is 510 g/mol. The van der Waals surface area contributed by atoms with E-state index in [1.165, 1.54) is 19.3 Å². The minimum Gasteiger partial charge on any atom is -0.481 e. The van der Waals surface area contributed by atoms with E-state index in [4.69, 9.17) is 22.3 Å². The summed E-state index contributed by atoms with van der Waals surface area (Å²) in [5.74, 6) is -4.00. The molecule has 0 heterocycles. The van der Waals surface area contributed by atoms with Crippen LogP contribution >= 0.6 is 0 Å². The molecule has 0 unspecified atom stereocenters. The molecule has 0 radical (unpaired) electrons. The van der Waals surface area contributed by atoms with Gasteiger partial charge in [0.05, 0.1) is 6.04 Å². The molecule has 39 heavy (non-hydrogen) atoms. The molecule has 4 atom stereocenters. The van der Waals surface area contributed by atoms with Gasteiger partial charge in [0, 0.05) is 32.0 Å². The van der Waals surface area contributed by atoms with Gasteiger partial charge in [0.25, 0.3) is 0 Å². The molecule has 0 spiro atoms. The molecule has 0 aromatic carbocycles. The minimum atomic E-state index is -1.29. The molecule has 0 aliphatic rings. The zero-order valence-electron chi connectivity index (χ0n) is 23.1. The van der Waals surface area contributed by atoms with Gasteiger partial charge in [-0.2, -0.15) is 0 Å². The van der Waals surface area contributed by atoms with Gasteiger partial charge in [0.2, 0.25) is 17.7 Å². The SMILES string of the molecule is CCCCCC[C@H](N)CNCC[C@H](N)C(=O)N[C@H](CCN)C(=O)NCC[C@@H](NC(=O)CCCC(=O)O)C(=O)O. The summed E-state index contributed by atoms with van der Waals surface area (Å²) in [7, 11) is 0. The average Bonchev–Trinajstić information content (AvgIpc) is 2.87. The van der Waals surface area contributed by atoms with Crippen molar-refractivity contribution in [2.24, 2.45) is 17.2 Å². The molecule has 0 aliphatic heterocycles. The Hall–Kier alpha value is -2.81. The Balaban J connectivity index is 4.49. The summed E-state index contributed by atoms with van der Waals surface area (Å²) in [6, 6.07) is -3.03. The number of carbonyl (C=O) groups excluding carboxylic acids is 3. The fourth-order valence-electron chi connectivity index (χ4n) is 3.71. The fraction of sp³-hybridized carbons (Fsp3) is 0.800. The number of carboxylic acids is 2. The number of carbonyl (C=O) groups is 5. The lowest BCUT2D eigenvalue weighted by Crippen LogP contribution is -2.53. The van der Waals surface area contributed by atoms with Gasteiger partial charge in [0.15, 0.2) is 0 Å². The first kappa shape index (κ1) is 36.2. The molecule has 0 saturated heterocycles. The van der Waals surface area contributed by atoms with E-state index in [0.717, 1.165) is 12.8 Å². The third-order valence-corrected chi connectivity index (χ3v) is 6.05. The van der Waals surface area contributed by atoms with Crippen LogP contribution in [-0.4, -0.2) is 90.2 Å². The maximum Gasteiger partial charge on any atom is 0.326 e. The number of nitrogens with two attached hydrogens (primary N) is 3. The summed E-state index contributed by atoms with van der Waals surface area (Å²) in [6.45, 7) is 3.30. The van der Waals surface area contributed by atoms with E-state index in [9.17, 15) is 29.1 Å². The molecule has 226 valence electrons. The van der Waals surface area contributed by atoms with Gasteiger partial charge in [-0.1, -0.05) is 32.6 Å². The highest BCUT2D eigenvalue weighted by molar-refractivity contribution is 5.89. The number of rotatable bonds is 24. The largest absolute Gasteiger partial charge is 0.481 e. The quantitative estimate of drug-likeness (QED) is 0.0632. The van der Waals surface area contributed by atoms with E-state index in [2.05, 4.69) is 28.2 Å². The number of amides is 3.